The molecule has 6 heteroatoms. The van der Waals surface area contributed by atoms with Crippen molar-refractivity contribution in [3.05, 3.63) is 48.6 Å². The minimum absolute atomic E-state index is 0.0406. The summed E-state index contributed by atoms with van der Waals surface area (Å²) in [5.41, 5.74) is 0.359. The molecule has 0 aliphatic carbocycles. The first-order valence-corrected chi connectivity index (χ1v) is 5.02. The van der Waals surface area contributed by atoms with Gasteiger partial charge in [-0.3, -0.25) is 10.1 Å². The molecule has 0 saturated carbocycles. The fourth-order valence-corrected chi connectivity index (χ4v) is 1.88. The second-order valence-electron chi connectivity index (χ2n) is 2.83. The average Bonchev–Trinajstić information content (AvgIpc) is 2.10. The summed E-state index contributed by atoms with van der Waals surface area (Å²) in [7, 11) is 0. The fraction of sp³-hybridized carbons (Fsp3) is 0.111. The number of nitro groups is 1. The number of rotatable bonds is 2. The van der Waals surface area contributed by atoms with Crippen molar-refractivity contribution < 1.29 is 4.92 Å². The third-order valence-electron chi connectivity index (χ3n) is 1.69. The topological polar surface area (TPSA) is 43.1 Å². The van der Waals surface area contributed by atoms with Gasteiger partial charge < -0.3 is 0 Å². The van der Waals surface area contributed by atoms with E-state index in [9.17, 15) is 10.1 Å². The molecule has 1 aromatic carbocycles. The van der Waals surface area contributed by atoms with Crippen LogP contribution < -0.4 is 0 Å². The zero-order valence-electron chi connectivity index (χ0n) is 7.63. The van der Waals surface area contributed by atoms with Crippen molar-refractivity contribution in [2.24, 2.45) is 0 Å². The highest BCUT2D eigenvalue weighted by Gasteiger charge is 2.09. The summed E-state index contributed by atoms with van der Waals surface area (Å²) in [4.78, 5) is 9.91. The summed E-state index contributed by atoms with van der Waals surface area (Å²) in [5, 5.41) is 11.4. The number of nitrogens with zero attached hydrogens (tertiary/aromatic N) is 1. The van der Waals surface area contributed by atoms with Crippen LogP contribution in [-0.2, 0) is 0 Å². The van der Waals surface area contributed by atoms with E-state index in [1.807, 2.05) is 0 Å². The van der Waals surface area contributed by atoms with Crippen LogP contribution in [0.25, 0.3) is 6.08 Å². The Morgan fingerprint density at radius 3 is 2.20 bits per heavy atom. The first-order valence-electron chi connectivity index (χ1n) is 3.89. The molecule has 0 atom stereocenters. The quantitative estimate of drug-likeness (QED) is 0.592. The van der Waals surface area contributed by atoms with Crippen LogP contribution >= 0.6 is 34.8 Å². The van der Waals surface area contributed by atoms with Gasteiger partial charge in [-0.25, -0.2) is 0 Å². The molecule has 0 aromatic heterocycles. The molecule has 15 heavy (non-hydrogen) atoms. The number of hydrogen-bond donors (Lipinski definition) is 0. The van der Waals surface area contributed by atoms with Crippen molar-refractivity contribution in [2.75, 3.05) is 0 Å². The van der Waals surface area contributed by atoms with E-state index >= 15 is 0 Å². The largest absolute Gasteiger partial charge is 0.259 e. The predicted molar refractivity (Wildman–Crippen MR) is 62.1 cm³/mol. The Labute approximate surface area is 101 Å². The molecule has 0 bridgehead atoms. The van der Waals surface area contributed by atoms with Crippen LogP contribution in [0.1, 0.15) is 12.5 Å². The molecular formula is C9H6Cl3NO2. The Balaban J connectivity index is 3.27. The summed E-state index contributed by atoms with van der Waals surface area (Å²) in [6, 6.07) is 2.96. The monoisotopic (exact) mass is 265 g/mol. The van der Waals surface area contributed by atoms with Gasteiger partial charge in [-0.05, 0) is 12.1 Å². The van der Waals surface area contributed by atoms with Crippen molar-refractivity contribution in [2.45, 2.75) is 6.92 Å². The lowest BCUT2D eigenvalue weighted by Crippen LogP contribution is -1.93. The van der Waals surface area contributed by atoms with Crippen LogP contribution in [0, 0.1) is 10.1 Å². The summed E-state index contributed by atoms with van der Waals surface area (Å²) in [6.07, 6.45) is 1.31. The van der Waals surface area contributed by atoms with Gasteiger partial charge in [-0.2, -0.15) is 0 Å². The van der Waals surface area contributed by atoms with Gasteiger partial charge in [0.1, 0.15) is 0 Å². The van der Waals surface area contributed by atoms with Gasteiger partial charge in [0, 0.05) is 23.6 Å². The van der Waals surface area contributed by atoms with E-state index in [1.165, 1.54) is 25.1 Å². The molecule has 0 heterocycles. The molecule has 80 valence electrons. The summed E-state index contributed by atoms with van der Waals surface area (Å²) >= 11 is 17.4. The molecule has 0 saturated heterocycles. The molecule has 0 spiro atoms. The Bertz CT molecular complexity index is 420. The Kier molecular flexibility index (Phi) is 3.97. The lowest BCUT2D eigenvalue weighted by atomic mass is 10.2. The van der Waals surface area contributed by atoms with E-state index in [0.717, 1.165) is 0 Å². The van der Waals surface area contributed by atoms with Crippen molar-refractivity contribution in [1.82, 2.24) is 0 Å². The zero-order chi connectivity index (χ0) is 11.6. The highest BCUT2D eigenvalue weighted by Crippen LogP contribution is 2.30. The number of halogens is 3. The summed E-state index contributed by atoms with van der Waals surface area (Å²) in [5.74, 6) is 0. The fourth-order valence-electron chi connectivity index (χ4n) is 0.953. The second-order valence-corrected chi connectivity index (χ2v) is 4.08. The van der Waals surface area contributed by atoms with Gasteiger partial charge in [0.2, 0.25) is 5.70 Å². The molecule has 0 aliphatic rings. The maximum absolute atomic E-state index is 10.4. The molecule has 0 radical (unpaired) electrons. The Morgan fingerprint density at radius 1 is 1.33 bits per heavy atom. The lowest BCUT2D eigenvalue weighted by molar-refractivity contribution is -0.422. The molecule has 0 N–H and O–H groups in total. The molecule has 1 aromatic rings. The van der Waals surface area contributed by atoms with Crippen LogP contribution in [0.3, 0.4) is 0 Å². The molecule has 0 fully saturated rings. The summed E-state index contributed by atoms with van der Waals surface area (Å²) < 4.78 is 0. The minimum Gasteiger partial charge on any atom is -0.259 e. The van der Waals surface area contributed by atoms with Gasteiger partial charge in [0.05, 0.1) is 15.0 Å². The highest BCUT2D eigenvalue weighted by molar-refractivity contribution is 6.40. The molecule has 3 nitrogen and oxygen atoms in total. The van der Waals surface area contributed by atoms with E-state index in [1.54, 1.807) is 0 Å². The number of benzene rings is 1. The van der Waals surface area contributed by atoms with Crippen LogP contribution in [0.2, 0.25) is 15.1 Å². The van der Waals surface area contributed by atoms with Gasteiger partial charge >= 0.3 is 0 Å². The van der Waals surface area contributed by atoms with E-state index in [4.69, 9.17) is 34.8 Å². The van der Waals surface area contributed by atoms with Crippen molar-refractivity contribution in [3.8, 4) is 0 Å². The van der Waals surface area contributed by atoms with E-state index in [-0.39, 0.29) is 15.7 Å². The van der Waals surface area contributed by atoms with Crippen molar-refractivity contribution in [3.63, 3.8) is 0 Å². The lowest BCUT2D eigenvalue weighted by Gasteiger charge is -2.02. The van der Waals surface area contributed by atoms with Gasteiger partial charge in [-0.15, -0.1) is 0 Å². The highest BCUT2D eigenvalue weighted by atomic mass is 35.5. The first kappa shape index (κ1) is 12.3. The third kappa shape index (κ3) is 3.09. The normalized spacial score (nSPS) is 11.6. The standard InChI is InChI=1S/C9H6Cl3NO2/c1-5(13(14)15)2-7-8(11)3-6(10)4-9(7)12/h2-4H,1H3. The summed E-state index contributed by atoms with van der Waals surface area (Å²) in [6.45, 7) is 1.36. The van der Waals surface area contributed by atoms with Crippen LogP contribution in [0.5, 0.6) is 0 Å². The van der Waals surface area contributed by atoms with Gasteiger partial charge in [-0.1, -0.05) is 34.8 Å². The van der Waals surface area contributed by atoms with Crippen LogP contribution in [-0.4, -0.2) is 4.92 Å². The van der Waals surface area contributed by atoms with Gasteiger partial charge in [0.15, 0.2) is 0 Å². The number of allylic oxidation sites excluding steroid dienone is 1. The molecule has 0 amide bonds. The predicted octanol–water partition coefficient (Wildman–Crippen LogP) is 4.28. The van der Waals surface area contributed by atoms with E-state index in [2.05, 4.69) is 0 Å². The molecule has 1 rings (SSSR count). The zero-order valence-corrected chi connectivity index (χ0v) is 9.90. The van der Waals surface area contributed by atoms with Crippen LogP contribution in [0.4, 0.5) is 0 Å². The maximum Gasteiger partial charge on any atom is 0.243 e. The maximum atomic E-state index is 10.4. The second kappa shape index (κ2) is 4.84. The SMILES string of the molecule is CC(=Cc1c(Cl)cc(Cl)cc1Cl)[N+](=O)[O-]. The average molecular weight is 267 g/mol. The minimum atomic E-state index is -0.513. The number of hydrogen-bond acceptors (Lipinski definition) is 2. The molecular weight excluding hydrogens is 260 g/mol. The Morgan fingerprint density at radius 2 is 1.80 bits per heavy atom. The van der Waals surface area contributed by atoms with E-state index in [0.29, 0.717) is 10.6 Å². The Hall–Kier alpha value is -0.770. The van der Waals surface area contributed by atoms with Crippen molar-refractivity contribution >= 4 is 40.9 Å². The molecule has 0 unspecified atom stereocenters. The van der Waals surface area contributed by atoms with Crippen molar-refractivity contribution in [1.29, 1.82) is 0 Å². The molecule has 0 aliphatic heterocycles. The van der Waals surface area contributed by atoms with Crippen LogP contribution in [0.15, 0.2) is 17.8 Å². The van der Waals surface area contributed by atoms with E-state index < -0.39 is 4.92 Å². The smallest absolute Gasteiger partial charge is 0.243 e. The first-order chi connectivity index (χ1) is 6.91. The van der Waals surface area contributed by atoms with Gasteiger partial charge in [0.25, 0.3) is 0 Å². The third-order valence-corrected chi connectivity index (χ3v) is 2.53.